The van der Waals surface area contributed by atoms with Crippen molar-refractivity contribution in [3.8, 4) is 0 Å². The van der Waals surface area contributed by atoms with E-state index in [4.69, 9.17) is 5.73 Å². The molecule has 0 saturated heterocycles. The number of nitrogens with zero attached hydrogens (tertiary/aromatic N) is 1. The molecule has 1 unspecified atom stereocenters. The van der Waals surface area contributed by atoms with Crippen molar-refractivity contribution in [2.45, 2.75) is 58.4 Å². The lowest BCUT2D eigenvalue weighted by Crippen LogP contribution is -2.38. The van der Waals surface area contributed by atoms with Crippen LogP contribution in [-0.4, -0.2) is 22.1 Å². The van der Waals surface area contributed by atoms with Gasteiger partial charge in [0, 0.05) is 12.0 Å². The summed E-state index contributed by atoms with van der Waals surface area (Å²) < 4.78 is 0. The van der Waals surface area contributed by atoms with Crippen LogP contribution in [0.1, 0.15) is 68.6 Å². The molecule has 1 aliphatic rings. The van der Waals surface area contributed by atoms with Crippen LogP contribution in [-0.2, 0) is 0 Å². The van der Waals surface area contributed by atoms with Gasteiger partial charge in [-0.05, 0) is 25.7 Å². The number of carbonyl (C=O) groups is 1. The first-order chi connectivity index (χ1) is 9.08. The van der Waals surface area contributed by atoms with Crippen molar-refractivity contribution >= 4 is 11.6 Å². The van der Waals surface area contributed by atoms with Gasteiger partial charge in [-0.1, -0.05) is 26.7 Å². The zero-order valence-corrected chi connectivity index (χ0v) is 12.0. The van der Waals surface area contributed by atoms with Crippen molar-refractivity contribution in [3.05, 3.63) is 11.4 Å². The van der Waals surface area contributed by atoms with Crippen molar-refractivity contribution in [2.75, 3.05) is 5.73 Å². The first kappa shape index (κ1) is 13.9. The molecule has 5 heteroatoms. The maximum Gasteiger partial charge on any atom is 0.274 e. The van der Waals surface area contributed by atoms with Gasteiger partial charge in [0.05, 0.1) is 11.4 Å². The molecule has 106 valence electrons. The molecule has 1 heterocycles. The van der Waals surface area contributed by atoms with E-state index in [9.17, 15) is 4.79 Å². The minimum atomic E-state index is -0.167. The van der Waals surface area contributed by atoms with E-state index in [2.05, 4.69) is 29.4 Å². The predicted molar refractivity (Wildman–Crippen MR) is 76.0 cm³/mol. The second-order valence-corrected chi connectivity index (χ2v) is 5.51. The molecule has 1 amide bonds. The van der Waals surface area contributed by atoms with E-state index in [1.54, 1.807) is 0 Å². The van der Waals surface area contributed by atoms with Crippen LogP contribution >= 0.6 is 0 Å². The van der Waals surface area contributed by atoms with Gasteiger partial charge < -0.3 is 11.1 Å². The number of nitrogen functional groups attached to an aromatic ring is 1. The molecule has 0 spiro atoms. The lowest BCUT2D eigenvalue weighted by Gasteiger charge is -2.22. The van der Waals surface area contributed by atoms with Crippen LogP contribution in [0.3, 0.4) is 0 Å². The summed E-state index contributed by atoms with van der Waals surface area (Å²) in [7, 11) is 0. The Morgan fingerprint density at radius 2 is 2.11 bits per heavy atom. The lowest BCUT2D eigenvalue weighted by molar-refractivity contribution is 0.0921. The quantitative estimate of drug-likeness (QED) is 0.737. The predicted octanol–water partition coefficient (Wildman–Crippen LogP) is 2.42. The zero-order chi connectivity index (χ0) is 14.0. The van der Waals surface area contributed by atoms with Crippen molar-refractivity contribution in [2.24, 2.45) is 5.92 Å². The Balaban J connectivity index is 2.03. The SMILES string of the molecule is CCC(CC)C(C)NC(=O)c1n[nH]c(C2CC2)c1N. The molecule has 19 heavy (non-hydrogen) atoms. The Labute approximate surface area is 114 Å². The first-order valence-corrected chi connectivity index (χ1v) is 7.23. The third-order valence-electron chi connectivity index (χ3n) is 4.15. The van der Waals surface area contributed by atoms with Gasteiger partial charge in [-0.3, -0.25) is 9.89 Å². The highest BCUT2D eigenvalue weighted by atomic mass is 16.2. The molecular formula is C14H24N4O. The highest BCUT2D eigenvalue weighted by Crippen LogP contribution is 2.42. The average molecular weight is 264 g/mol. The fraction of sp³-hybridized carbons (Fsp3) is 0.714. The minimum Gasteiger partial charge on any atom is -0.395 e. The van der Waals surface area contributed by atoms with E-state index < -0.39 is 0 Å². The largest absolute Gasteiger partial charge is 0.395 e. The molecule has 1 aromatic rings. The molecule has 0 radical (unpaired) electrons. The second kappa shape index (κ2) is 5.63. The Kier molecular flexibility index (Phi) is 4.12. The number of rotatable bonds is 6. The molecule has 1 saturated carbocycles. The third kappa shape index (κ3) is 2.91. The van der Waals surface area contributed by atoms with Gasteiger partial charge in [0.15, 0.2) is 5.69 Å². The van der Waals surface area contributed by atoms with Crippen LogP contribution in [0.4, 0.5) is 5.69 Å². The van der Waals surface area contributed by atoms with Crippen LogP contribution in [0, 0.1) is 5.92 Å². The number of carbonyl (C=O) groups excluding carboxylic acids is 1. The highest BCUT2D eigenvalue weighted by Gasteiger charge is 2.30. The van der Waals surface area contributed by atoms with E-state index >= 15 is 0 Å². The summed E-state index contributed by atoms with van der Waals surface area (Å²) in [6, 6.07) is 0.142. The van der Waals surface area contributed by atoms with Gasteiger partial charge in [-0.2, -0.15) is 5.10 Å². The number of amides is 1. The third-order valence-corrected chi connectivity index (χ3v) is 4.15. The highest BCUT2D eigenvalue weighted by molar-refractivity contribution is 5.97. The number of hydrogen-bond acceptors (Lipinski definition) is 3. The van der Waals surface area contributed by atoms with Gasteiger partial charge in [0.1, 0.15) is 0 Å². The molecule has 0 aliphatic heterocycles. The molecule has 1 fully saturated rings. The van der Waals surface area contributed by atoms with Gasteiger partial charge in [-0.25, -0.2) is 0 Å². The zero-order valence-electron chi connectivity index (χ0n) is 12.0. The fourth-order valence-corrected chi connectivity index (χ4v) is 2.61. The Bertz CT molecular complexity index is 446. The first-order valence-electron chi connectivity index (χ1n) is 7.23. The van der Waals surface area contributed by atoms with Gasteiger partial charge in [0.2, 0.25) is 0 Å². The van der Waals surface area contributed by atoms with Crippen molar-refractivity contribution in [1.82, 2.24) is 15.5 Å². The fourth-order valence-electron chi connectivity index (χ4n) is 2.61. The van der Waals surface area contributed by atoms with Crippen LogP contribution in [0.25, 0.3) is 0 Å². The monoisotopic (exact) mass is 264 g/mol. The van der Waals surface area contributed by atoms with E-state index in [0.29, 0.717) is 23.2 Å². The van der Waals surface area contributed by atoms with Crippen LogP contribution in [0.15, 0.2) is 0 Å². The normalized spacial score (nSPS) is 16.6. The molecule has 1 aliphatic carbocycles. The van der Waals surface area contributed by atoms with E-state index in [0.717, 1.165) is 31.4 Å². The van der Waals surface area contributed by atoms with Crippen molar-refractivity contribution in [3.63, 3.8) is 0 Å². The summed E-state index contributed by atoms with van der Waals surface area (Å²) >= 11 is 0. The topological polar surface area (TPSA) is 83.8 Å². The maximum absolute atomic E-state index is 12.2. The molecule has 0 bridgehead atoms. The number of H-pyrrole nitrogens is 1. The molecule has 4 N–H and O–H groups in total. The van der Waals surface area contributed by atoms with E-state index in [-0.39, 0.29) is 11.9 Å². The van der Waals surface area contributed by atoms with Crippen molar-refractivity contribution in [1.29, 1.82) is 0 Å². The van der Waals surface area contributed by atoms with Gasteiger partial charge >= 0.3 is 0 Å². The molecule has 5 nitrogen and oxygen atoms in total. The Morgan fingerprint density at radius 3 is 2.63 bits per heavy atom. The summed E-state index contributed by atoms with van der Waals surface area (Å²) in [5.74, 6) is 0.803. The Hall–Kier alpha value is -1.52. The number of aromatic nitrogens is 2. The van der Waals surface area contributed by atoms with Crippen LogP contribution in [0.5, 0.6) is 0 Å². The van der Waals surface area contributed by atoms with Crippen molar-refractivity contribution < 1.29 is 4.79 Å². The summed E-state index contributed by atoms with van der Waals surface area (Å²) in [4.78, 5) is 12.2. The second-order valence-electron chi connectivity index (χ2n) is 5.51. The summed E-state index contributed by atoms with van der Waals surface area (Å²) in [5, 5.41) is 10.0. The van der Waals surface area contributed by atoms with Gasteiger partial charge in [-0.15, -0.1) is 0 Å². The maximum atomic E-state index is 12.2. The standard InChI is InChI=1S/C14H24N4O/c1-4-9(5-2)8(3)16-14(19)13-11(15)12(17-18-13)10-6-7-10/h8-10H,4-7,15H2,1-3H3,(H,16,19)(H,17,18). The number of nitrogens with one attached hydrogen (secondary N) is 2. The van der Waals surface area contributed by atoms with E-state index in [1.807, 2.05) is 6.92 Å². The molecule has 2 rings (SSSR count). The lowest BCUT2D eigenvalue weighted by atomic mass is 9.95. The minimum absolute atomic E-state index is 0.142. The molecule has 1 atom stereocenters. The number of anilines is 1. The summed E-state index contributed by atoms with van der Waals surface area (Å²) in [5.41, 5.74) is 7.81. The molecule has 0 aromatic carbocycles. The van der Waals surface area contributed by atoms with Crippen LogP contribution < -0.4 is 11.1 Å². The van der Waals surface area contributed by atoms with Gasteiger partial charge in [0.25, 0.3) is 5.91 Å². The summed E-state index contributed by atoms with van der Waals surface area (Å²) in [6.07, 6.45) is 4.39. The number of nitrogens with two attached hydrogens (primary N) is 1. The Morgan fingerprint density at radius 1 is 1.47 bits per heavy atom. The average Bonchev–Trinajstić information content (AvgIpc) is 3.14. The van der Waals surface area contributed by atoms with Crippen LogP contribution in [0.2, 0.25) is 0 Å². The smallest absolute Gasteiger partial charge is 0.274 e. The van der Waals surface area contributed by atoms with E-state index in [1.165, 1.54) is 0 Å². The number of aromatic amines is 1. The number of hydrogen-bond donors (Lipinski definition) is 3. The molecule has 1 aromatic heterocycles. The summed E-state index contributed by atoms with van der Waals surface area (Å²) in [6.45, 7) is 6.33. The molecular weight excluding hydrogens is 240 g/mol.